The smallest absolute Gasteiger partial charge is 0.213 e. The van der Waals surface area contributed by atoms with Crippen molar-refractivity contribution in [3.63, 3.8) is 0 Å². The van der Waals surface area contributed by atoms with Crippen LogP contribution in [0.2, 0.25) is 5.02 Å². The number of guanidine groups is 1. The van der Waals surface area contributed by atoms with Crippen molar-refractivity contribution in [3.05, 3.63) is 53.2 Å². The van der Waals surface area contributed by atoms with Crippen molar-refractivity contribution in [2.75, 3.05) is 32.1 Å². The number of methoxy groups -OCH3 is 1. The maximum Gasteiger partial charge on any atom is 0.213 e. The zero-order valence-electron chi connectivity index (χ0n) is 15.5. The fourth-order valence-electron chi connectivity index (χ4n) is 3.03. The number of pyridine rings is 1. The standard InChI is InChI=1S/C19H24ClN5O.HI/c1-21-19(23-12-14-6-8-22-18(10-14)26-2)24-16-7-9-25(13-16)17-5-3-4-15(20)11-17;/h3-6,8,10-11,16H,7,9,12-13H2,1-2H3,(H2,21,23,24);1H. The average Bonchev–Trinajstić information content (AvgIpc) is 3.14. The molecule has 0 aliphatic carbocycles. The molecule has 1 aromatic carbocycles. The van der Waals surface area contributed by atoms with Gasteiger partial charge in [0.15, 0.2) is 5.96 Å². The Hall–Kier alpha value is -1.74. The maximum absolute atomic E-state index is 6.10. The number of nitrogens with one attached hydrogen (secondary N) is 2. The van der Waals surface area contributed by atoms with E-state index in [4.69, 9.17) is 16.3 Å². The van der Waals surface area contributed by atoms with Gasteiger partial charge in [-0.05, 0) is 36.2 Å². The number of hydrogen-bond acceptors (Lipinski definition) is 4. The first-order chi connectivity index (χ1) is 12.7. The van der Waals surface area contributed by atoms with Gasteiger partial charge in [0.1, 0.15) is 0 Å². The predicted molar refractivity (Wildman–Crippen MR) is 122 cm³/mol. The Labute approximate surface area is 182 Å². The molecule has 2 heterocycles. The molecule has 146 valence electrons. The molecule has 8 heteroatoms. The summed E-state index contributed by atoms with van der Waals surface area (Å²) in [5, 5.41) is 7.61. The zero-order chi connectivity index (χ0) is 18.4. The Morgan fingerprint density at radius 1 is 1.37 bits per heavy atom. The molecule has 6 nitrogen and oxygen atoms in total. The van der Waals surface area contributed by atoms with Crippen LogP contribution in [0.5, 0.6) is 5.88 Å². The predicted octanol–water partition coefficient (Wildman–Crippen LogP) is 3.31. The molecule has 27 heavy (non-hydrogen) atoms. The lowest BCUT2D eigenvalue weighted by Crippen LogP contribution is -2.44. The second kappa shape index (κ2) is 10.6. The van der Waals surface area contributed by atoms with Gasteiger partial charge in [-0.2, -0.15) is 0 Å². The number of hydrogen-bond donors (Lipinski definition) is 2. The highest BCUT2D eigenvalue weighted by Crippen LogP contribution is 2.23. The van der Waals surface area contributed by atoms with Crippen LogP contribution in [0.15, 0.2) is 47.6 Å². The van der Waals surface area contributed by atoms with E-state index in [-0.39, 0.29) is 24.0 Å². The van der Waals surface area contributed by atoms with E-state index >= 15 is 0 Å². The minimum atomic E-state index is 0. The molecule has 0 spiro atoms. The SMILES string of the molecule is CN=C(NCc1ccnc(OC)c1)NC1CCN(c2cccc(Cl)c2)C1.I. The molecular formula is C19H25ClIN5O. The van der Waals surface area contributed by atoms with Crippen LogP contribution in [0.25, 0.3) is 0 Å². The fraction of sp³-hybridized carbons (Fsp3) is 0.368. The Balaban J connectivity index is 0.00000261. The summed E-state index contributed by atoms with van der Waals surface area (Å²) >= 11 is 6.10. The molecule has 0 amide bonds. The lowest BCUT2D eigenvalue weighted by Gasteiger charge is -2.20. The third-order valence-corrected chi connectivity index (χ3v) is 4.63. The van der Waals surface area contributed by atoms with Gasteiger partial charge >= 0.3 is 0 Å². The van der Waals surface area contributed by atoms with Crippen molar-refractivity contribution in [2.45, 2.75) is 19.0 Å². The number of rotatable bonds is 5. The van der Waals surface area contributed by atoms with E-state index in [1.807, 2.05) is 30.3 Å². The van der Waals surface area contributed by atoms with Crippen molar-refractivity contribution in [1.82, 2.24) is 15.6 Å². The van der Waals surface area contributed by atoms with Gasteiger partial charge in [0.2, 0.25) is 5.88 Å². The monoisotopic (exact) mass is 501 g/mol. The Morgan fingerprint density at radius 3 is 2.96 bits per heavy atom. The zero-order valence-corrected chi connectivity index (χ0v) is 18.6. The van der Waals surface area contributed by atoms with Crippen LogP contribution in [0.3, 0.4) is 0 Å². The number of ether oxygens (including phenoxy) is 1. The van der Waals surface area contributed by atoms with E-state index in [1.165, 1.54) is 0 Å². The van der Waals surface area contributed by atoms with Crippen molar-refractivity contribution in [2.24, 2.45) is 4.99 Å². The highest BCUT2D eigenvalue weighted by atomic mass is 127. The topological polar surface area (TPSA) is 61.8 Å². The summed E-state index contributed by atoms with van der Waals surface area (Å²) in [6, 6.07) is 12.2. The van der Waals surface area contributed by atoms with E-state index in [9.17, 15) is 0 Å². The van der Waals surface area contributed by atoms with Gasteiger partial charge < -0.3 is 20.3 Å². The van der Waals surface area contributed by atoms with Gasteiger partial charge in [0.05, 0.1) is 7.11 Å². The Bertz CT molecular complexity index is 773. The van der Waals surface area contributed by atoms with Gasteiger partial charge in [0.25, 0.3) is 0 Å². The molecule has 1 aliphatic heterocycles. The molecule has 1 aliphatic rings. The number of aliphatic imine (C=N–C) groups is 1. The molecule has 1 atom stereocenters. The fourth-order valence-corrected chi connectivity index (χ4v) is 3.22. The first kappa shape index (κ1) is 21.6. The van der Waals surface area contributed by atoms with Crippen molar-refractivity contribution in [3.8, 4) is 5.88 Å². The van der Waals surface area contributed by atoms with Gasteiger partial charge in [-0.1, -0.05) is 17.7 Å². The first-order valence-electron chi connectivity index (χ1n) is 8.64. The summed E-state index contributed by atoms with van der Waals surface area (Å²) in [6.07, 6.45) is 2.79. The van der Waals surface area contributed by atoms with Crippen LogP contribution in [0.4, 0.5) is 5.69 Å². The van der Waals surface area contributed by atoms with E-state index < -0.39 is 0 Å². The Kier molecular flexibility index (Phi) is 8.43. The van der Waals surface area contributed by atoms with Crippen LogP contribution in [-0.4, -0.2) is 44.2 Å². The van der Waals surface area contributed by atoms with Crippen molar-refractivity contribution in [1.29, 1.82) is 0 Å². The maximum atomic E-state index is 6.10. The third-order valence-electron chi connectivity index (χ3n) is 4.39. The molecule has 0 saturated carbocycles. The molecule has 1 saturated heterocycles. The highest BCUT2D eigenvalue weighted by Gasteiger charge is 2.23. The Morgan fingerprint density at radius 2 is 2.22 bits per heavy atom. The van der Waals surface area contributed by atoms with Crippen molar-refractivity contribution < 1.29 is 4.74 Å². The van der Waals surface area contributed by atoms with Crippen LogP contribution < -0.4 is 20.3 Å². The van der Waals surface area contributed by atoms with Crippen LogP contribution in [-0.2, 0) is 6.54 Å². The molecule has 1 unspecified atom stereocenters. The second-order valence-corrected chi connectivity index (χ2v) is 6.62. The van der Waals surface area contributed by atoms with E-state index in [2.05, 4.69) is 31.6 Å². The minimum absolute atomic E-state index is 0. The lowest BCUT2D eigenvalue weighted by atomic mass is 10.2. The molecule has 0 radical (unpaired) electrons. The molecular weight excluding hydrogens is 477 g/mol. The number of aromatic nitrogens is 1. The van der Waals surface area contributed by atoms with E-state index in [0.717, 1.165) is 41.7 Å². The van der Waals surface area contributed by atoms with Gasteiger partial charge in [0, 0.05) is 55.7 Å². The summed E-state index contributed by atoms with van der Waals surface area (Å²) in [5.74, 6) is 1.40. The lowest BCUT2D eigenvalue weighted by molar-refractivity contribution is 0.397. The van der Waals surface area contributed by atoms with Crippen LogP contribution in [0, 0.1) is 0 Å². The highest BCUT2D eigenvalue weighted by molar-refractivity contribution is 14.0. The van der Waals surface area contributed by atoms with Crippen LogP contribution in [0.1, 0.15) is 12.0 Å². The number of benzene rings is 1. The van der Waals surface area contributed by atoms with Gasteiger partial charge in [-0.15, -0.1) is 24.0 Å². The summed E-state index contributed by atoms with van der Waals surface area (Å²) in [6.45, 7) is 2.57. The second-order valence-electron chi connectivity index (χ2n) is 6.19. The quantitative estimate of drug-likeness (QED) is 0.374. The first-order valence-corrected chi connectivity index (χ1v) is 9.02. The molecule has 2 N–H and O–H groups in total. The molecule has 1 aromatic heterocycles. The average molecular weight is 502 g/mol. The largest absolute Gasteiger partial charge is 0.481 e. The molecule has 3 rings (SSSR count). The summed E-state index contributed by atoms with van der Waals surface area (Å²) < 4.78 is 5.16. The van der Waals surface area contributed by atoms with Crippen LogP contribution >= 0.6 is 35.6 Å². The molecule has 2 aromatic rings. The molecule has 1 fully saturated rings. The number of anilines is 1. The van der Waals surface area contributed by atoms with Gasteiger partial charge in [-0.25, -0.2) is 4.98 Å². The van der Waals surface area contributed by atoms with Gasteiger partial charge in [-0.3, -0.25) is 4.99 Å². The third kappa shape index (κ3) is 6.14. The normalized spacial score (nSPS) is 16.6. The van der Waals surface area contributed by atoms with Crippen molar-refractivity contribution >= 4 is 47.2 Å². The number of halogens is 2. The summed E-state index contributed by atoms with van der Waals surface area (Å²) in [7, 11) is 3.40. The summed E-state index contributed by atoms with van der Waals surface area (Å²) in [5.41, 5.74) is 2.25. The van der Waals surface area contributed by atoms with E-state index in [0.29, 0.717) is 18.5 Å². The number of nitrogens with zero attached hydrogens (tertiary/aromatic N) is 3. The molecule has 0 bridgehead atoms. The van der Waals surface area contributed by atoms with E-state index in [1.54, 1.807) is 20.4 Å². The minimum Gasteiger partial charge on any atom is -0.481 e. The summed E-state index contributed by atoms with van der Waals surface area (Å²) in [4.78, 5) is 10.8.